The largest absolute Gasteiger partial charge is 0.336 e. The summed E-state index contributed by atoms with van der Waals surface area (Å²) in [4.78, 5) is 28.5. The molecule has 2 saturated heterocycles. The van der Waals surface area contributed by atoms with Gasteiger partial charge in [0.2, 0.25) is 15.9 Å². The number of carbonyl (C=O) groups excluding carboxylic acids is 2. The Morgan fingerprint density at radius 2 is 1.55 bits per heavy atom. The predicted molar refractivity (Wildman–Crippen MR) is 119 cm³/mol. The monoisotopic (exact) mass is 461 g/mol. The third-order valence-electron chi connectivity index (χ3n) is 5.73. The fraction of sp³-hybridized carbons (Fsp3) is 0.364. The Bertz CT molecular complexity index is 1080. The number of benzene rings is 2. The van der Waals surface area contributed by atoms with Gasteiger partial charge in [-0.3, -0.25) is 9.59 Å². The Kier molecular flexibility index (Phi) is 6.31. The summed E-state index contributed by atoms with van der Waals surface area (Å²) in [6, 6.07) is 13.4. The first-order chi connectivity index (χ1) is 14.9. The Balaban J connectivity index is 1.40. The van der Waals surface area contributed by atoms with Crippen molar-refractivity contribution >= 4 is 39.1 Å². The summed E-state index contributed by atoms with van der Waals surface area (Å²) in [5.74, 6) is -0.0347. The third-order valence-corrected chi connectivity index (χ3v) is 8.13. The molecule has 164 valence electrons. The molecule has 7 nitrogen and oxygen atoms in total. The van der Waals surface area contributed by atoms with Crippen molar-refractivity contribution in [1.82, 2.24) is 9.21 Å². The highest BCUT2D eigenvalue weighted by Crippen LogP contribution is 2.26. The maximum Gasteiger partial charge on any atom is 0.253 e. The lowest BCUT2D eigenvalue weighted by Crippen LogP contribution is -2.50. The van der Waals surface area contributed by atoms with E-state index in [0.29, 0.717) is 31.6 Å². The van der Waals surface area contributed by atoms with E-state index < -0.39 is 10.0 Å². The molecule has 0 saturated carbocycles. The van der Waals surface area contributed by atoms with Gasteiger partial charge >= 0.3 is 0 Å². The van der Waals surface area contributed by atoms with Gasteiger partial charge in [-0.25, -0.2) is 8.42 Å². The van der Waals surface area contributed by atoms with Gasteiger partial charge in [-0.05, 0) is 49.2 Å². The SMILES string of the molecule is O=C(c1ccc(N2CCCCC2=O)cc1)N1CCN(S(=O)(=O)c2ccccc2Cl)CC1. The topological polar surface area (TPSA) is 78.0 Å². The van der Waals surface area contributed by atoms with E-state index in [0.717, 1.165) is 18.5 Å². The van der Waals surface area contributed by atoms with Crippen LogP contribution in [0.1, 0.15) is 29.6 Å². The number of anilines is 1. The number of amides is 2. The van der Waals surface area contributed by atoms with Crippen molar-refractivity contribution < 1.29 is 18.0 Å². The van der Waals surface area contributed by atoms with Gasteiger partial charge in [-0.1, -0.05) is 23.7 Å². The van der Waals surface area contributed by atoms with Gasteiger partial charge in [-0.15, -0.1) is 0 Å². The number of halogens is 1. The lowest BCUT2D eigenvalue weighted by Gasteiger charge is -2.34. The van der Waals surface area contributed by atoms with Gasteiger partial charge in [0.15, 0.2) is 0 Å². The van der Waals surface area contributed by atoms with Crippen LogP contribution in [0.4, 0.5) is 5.69 Å². The molecule has 2 amide bonds. The van der Waals surface area contributed by atoms with Gasteiger partial charge in [0, 0.05) is 50.4 Å². The molecule has 2 aliphatic rings. The fourth-order valence-electron chi connectivity index (χ4n) is 3.97. The number of carbonyl (C=O) groups is 2. The van der Waals surface area contributed by atoms with Crippen molar-refractivity contribution in [2.24, 2.45) is 0 Å². The summed E-state index contributed by atoms with van der Waals surface area (Å²) >= 11 is 6.07. The summed E-state index contributed by atoms with van der Waals surface area (Å²) in [6.45, 7) is 1.72. The molecule has 0 radical (unpaired) electrons. The minimum atomic E-state index is -3.70. The third kappa shape index (κ3) is 4.46. The molecule has 4 rings (SSSR count). The first kappa shape index (κ1) is 21.8. The summed E-state index contributed by atoms with van der Waals surface area (Å²) in [5, 5.41) is 0.188. The first-order valence-electron chi connectivity index (χ1n) is 10.3. The van der Waals surface area contributed by atoms with Crippen molar-refractivity contribution in [2.75, 3.05) is 37.6 Å². The second-order valence-corrected chi connectivity index (χ2v) is 9.99. The summed E-state index contributed by atoms with van der Waals surface area (Å²) < 4.78 is 27.1. The number of nitrogens with zero attached hydrogens (tertiary/aromatic N) is 3. The average molecular weight is 462 g/mol. The van der Waals surface area contributed by atoms with Gasteiger partial charge in [0.05, 0.1) is 5.02 Å². The molecule has 0 unspecified atom stereocenters. The van der Waals surface area contributed by atoms with E-state index in [-0.39, 0.29) is 34.8 Å². The summed E-state index contributed by atoms with van der Waals surface area (Å²) in [5.41, 5.74) is 1.33. The maximum atomic E-state index is 12.9. The molecule has 0 aliphatic carbocycles. The van der Waals surface area contributed by atoms with E-state index in [1.54, 1.807) is 52.3 Å². The Hall–Kier alpha value is -2.42. The van der Waals surface area contributed by atoms with Crippen LogP contribution >= 0.6 is 11.6 Å². The van der Waals surface area contributed by atoms with Crippen molar-refractivity contribution in [3.05, 3.63) is 59.1 Å². The number of hydrogen-bond donors (Lipinski definition) is 0. The minimum absolute atomic E-state index is 0.0827. The molecule has 2 aromatic carbocycles. The van der Waals surface area contributed by atoms with Crippen LogP contribution in [0.15, 0.2) is 53.4 Å². The molecule has 0 bridgehead atoms. The van der Waals surface area contributed by atoms with Crippen LogP contribution in [0.2, 0.25) is 5.02 Å². The minimum Gasteiger partial charge on any atom is -0.336 e. The van der Waals surface area contributed by atoms with Crippen LogP contribution in [0.25, 0.3) is 0 Å². The molecular formula is C22H24ClN3O4S. The molecule has 31 heavy (non-hydrogen) atoms. The Labute approximate surface area is 187 Å². The highest BCUT2D eigenvalue weighted by atomic mass is 35.5. The maximum absolute atomic E-state index is 12.9. The Morgan fingerprint density at radius 3 is 2.19 bits per heavy atom. The van der Waals surface area contributed by atoms with Gasteiger partial charge in [-0.2, -0.15) is 4.31 Å². The molecule has 2 heterocycles. The van der Waals surface area contributed by atoms with Crippen LogP contribution < -0.4 is 4.90 Å². The molecule has 0 N–H and O–H groups in total. The standard InChI is InChI=1S/C22H24ClN3O4S/c23-19-5-1-2-6-20(19)31(29,30)25-15-13-24(14-16-25)22(28)17-8-10-18(11-9-17)26-12-4-3-7-21(26)27/h1-2,5-6,8-11H,3-4,7,12-16H2. The van der Waals surface area contributed by atoms with Crippen LogP contribution in [-0.4, -0.2) is 62.2 Å². The lowest BCUT2D eigenvalue weighted by molar-refractivity contribution is -0.119. The highest BCUT2D eigenvalue weighted by molar-refractivity contribution is 7.89. The smallest absolute Gasteiger partial charge is 0.253 e. The zero-order chi connectivity index (χ0) is 22.0. The van der Waals surface area contributed by atoms with Crippen LogP contribution in [0.5, 0.6) is 0 Å². The van der Waals surface area contributed by atoms with E-state index in [9.17, 15) is 18.0 Å². The number of rotatable bonds is 4. The molecule has 0 spiro atoms. The van der Waals surface area contributed by atoms with Crippen molar-refractivity contribution in [1.29, 1.82) is 0 Å². The fourth-order valence-corrected chi connectivity index (χ4v) is 5.89. The van der Waals surface area contributed by atoms with E-state index in [2.05, 4.69) is 0 Å². The molecule has 2 fully saturated rings. The van der Waals surface area contributed by atoms with Crippen molar-refractivity contribution in [2.45, 2.75) is 24.2 Å². The second-order valence-electron chi connectivity index (χ2n) is 7.68. The lowest BCUT2D eigenvalue weighted by atomic mass is 10.1. The van der Waals surface area contributed by atoms with Crippen molar-refractivity contribution in [3.8, 4) is 0 Å². The molecule has 0 aromatic heterocycles. The van der Waals surface area contributed by atoms with Gasteiger partial charge < -0.3 is 9.80 Å². The normalized spacial score (nSPS) is 18.3. The molecule has 2 aromatic rings. The van der Waals surface area contributed by atoms with Gasteiger partial charge in [0.1, 0.15) is 4.90 Å². The predicted octanol–water partition coefficient (Wildman–Crippen LogP) is 3.00. The highest BCUT2D eigenvalue weighted by Gasteiger charge is 2.31. The quantitative estimate of drug-likeness (QED) is 0.701. The number of sulfonamides is 1. The van der Waals surface area contributed by atoms with Crippen LogP contribution in [0, 0.1) is 0 Å². The van der Waals surface area contributed by atoms with E-state index in [4.69, 9.17) is 11.6 Å². The Morgan fingerprint density at radius 1 is 0.871 bits per heavy atom. The van der Waals surface area contributed by atoms with E-state index in [1.807, 2.05) is 0 Å². The zero-order valence-corrected chi connectivity index (χ0v) is 18.6. The van der Waals surface area contributed by atoms with Crippen LogP contribution in [-0.2, 0) is 14.8 Å². The summed E-state index contributed by atoms with van der Waals surface area (Å²) in [6.07, 6.45) is 2.46. The molecule has 9 heteroatoms. The molecule has 0 atom stereocenters. The van der Waals surface area contributed by atoms with E-state index in [1.165, 1.54) is 10.4 Å². The van der Waals surface area contributed by atoms with E-state index >= 15 is 0 Å². The van der Waals surface area contributed by atoms with Gasteiger partial charge in [0.25, 0.3) is 5.91 Å². The zero-order valence-electron chi connectivity index (χ0n) is 17.0. The number of piperazine rings is 1. The number of hydrogen-bond acceptors (Lipinski definition) is 4. The average Bonchev–Trinajstić information content (AvgIpc) is 2.79. The number of piperidine rings is 1. The van der Waals surface area contributed by atoms with Crippen LogP contribution in [0.3, 0.4) is 0 Å². The molecule has 2 aliphatic heterocycles. The first-order valence-corrected chi connectivity index (χ1v) is 12.1. The summed E-state index contributed by atoms with van der Waals surface area (Å²) in [7, 11) is -3.70. The molecular weight excluding hydrogens is 438 g/mol. The second kappa shape index (κ2) is 8.98. The van der Waals surface area contributed by atoms with Crippen molar-refractivity contribution in [3.63, 3.8) is 0 Å².